The molecule has 1 amide bonds. The van der Waals surface area contributed by atoms with Crippen LogP contribution in [-0.4, -0.2) is 27.4 Å². The van der Waals surface area contributed by atoms with Crippen LogP contribution in [0.4, 0.5) is 0 Å². The third-order valence-electron chi connectivity index (χ3n) is 2.14. The van der Waals surface area contributed by atoms with Crippen molar-refractivity contribution in [2.45, 2.75) is 6.42 Å². The van der Waals surface area contributed by atoms with Crippen LogP contribution >= 0.6 is 0 Å². The number of rotatable bonds is 7. The molecule has 1 aromatic rings. The zero-order valence-corrected chi connectivity index (χ0v) is 10.7. The Balaban J connectivity index is 2.23. The molecule has 0 spiro atoms. The molecule has 1 radical (unpaired) electrons. The molecule has 0 bridgehead atoms. The molecule has 0 aliphatic carbocycles. The zero-order chi connectivity index (χ0) is 13.4. The minimum atomic E-state index is -3.38. The van der Waals surface area contributed by atoms with Crippen LogP contribution in [0.5, 0.6) is 0 Å². The van der Waals surface area contributed by atoms with Gasteiger partial charge in [-0.25, -0.2) is 13.1 Å². The van der Waals surface area contributed by atoms with Gasteiger partial charge in [-0.05, 0) is 24.6 Å². The monoisotopic (exact) mass is 267 g/mol. The van der Waals surface area contributed by atoms with E-state index in [1.54, 1.807) is 24.3 Å². The Hall–Kier alpha value is -1.66. The number of nitrogens with one attached hydrogen (secondary N) is 2. The molecule has 0 saturated carbocycles. The van der Waals surface area contributed by atoms with Crippen molar-refractivity contribution in [1.82, 2.24) is 10.0 Å². The van der Waals surface area contributed by atoms with E-state index in [4.69, 9.17) is 0 Å². The predicted molar refractivity (Wildman–Crippen MR) is 69.3 cm³/mol. The van der Waals surface area contributed by atoms with Crippen molar-refractivity contribution in [1.29, 1.82) is 0 Å². The van der Waals surface area contributed by atoms with Crippen molar-refractivity contribution in [2.75, 3.05) is 13.1 Å². The van der Waals surface area contributed by atoms with Gasteiger partial charge in [0.2, 0.25) is 10.0 Å². The van der Waals surface area contributed by atoms with Crippen molar-refractivity contribution < 1.29 is 13.2 Å². The van der Waals surface area contributed by atoms with E-state index in [0.717, 1.165) is 5.41 Å². The van der Waals surface area contributed by atoms with Crippen LogP contribution in [0.3, 0.4) is 0 Å². The van der Waals surface area contributed by atoms with Gasteiger partial charge in [0, 0.05) is 24.1 Å². The number of carbonyl (C=O) groups is 1. The molecule has 0 aliphatic heterocycles. The van der Waals surface area contributed by atoms with E-state index in [2.05, 4.69) is 22.7 Å². The average molecular weight is 267 g/mol. The number of hydrogen-bond acceptors (Lipinski definition) is 3. The van der Waals surface area contributed by atoms with E-state index in [9.17, 15) is 13.2 Å². The Labute approximate surface area is 107 Å². The van der Waals surface area contributed by atoms with Crippen LogP contribution in [0.1, 0.15) is 16.8 Å². The fourth-order valence-electron chi connectivity index (χ4n) is 1.20. The molecule has 0 heterocycles. The summed E-state index contributed by atoms with van der Waals surface area (Å²) in [5.74, 6) is -0.185. The van der Waals surface area contributed by atoms with E-state index in [1.807, 2.05) is 0 Å². The minimum Gasteiger partial charge on any atom is -0.352 e. The van der Waals surface area contributed by atoms with E-state index >= 15 is 0 Å². The van der Waals surface area contributed by atoms with E-state index in [0.29, 0.717) is 18.5 Å². The largest absolute Gasteiger partial charge is 0.352 e. The standard InChI is InChI=1S/C12H15N2O3S/c1-2-18(16,17)14-10-6-9-13-12(15)11-7-4-3-5-8-11/h2,4-5,7-8,14H,1,6,9-10H2,(H,13,15). The summed E-state index contributed by atoms with van der Waals surface area (Å²) in [5.41, 5.74) is 0.556. The summed E-state index contributed by atoms with van der Waals surface area (Å²) in [6.45, 7) is 3.84. The van der Waals surface area contributed by atoms with Crippen LogP contribution in [0.15, 0.2) is 36.3 Å². The van der Waals surface area contributed by atoms with Crippen molar-refractivity contribution in [3.05, 3.63) is 47.9 Å². The Morgan fingerprint density at radius 2 is 2.00 bits per heavy atom. The molecule has 97 valence electrons. The molecule has 0 aliphatic rings. The molecule has 0 atom stereocenters. The fraction of sp³-hybridized carbons (Fsp3) is 0.250. The zero-order valence-electron chi connectivity index (χ0n) is 9.85. The summed E-state index contributed by atoms with van der Waals surface area (Å²) in [6.07, 6.45) is 0.512. The first-order chi connectivity index (χ1) is 8.55. The number of carbonyl (C=O) groups excluding carboxylic acids is 1. The fourth-order valence-corrected chi connectivity index (χ4v) is 1.75. The molecule has 5 nitrogen and oxygen atoms in total. The van der Waals surface area contributed by atoms with Crippen molar-refractivity contribution in [3.8, 4) is 0 Å². The normalized spacial score (nSPS) is 10.9. The van der Waals surface area contributed by atoms with Gasteiger partial charge in [0.25, 0.3) is 5.91 Å². The number of benzene rings is 1. The highest BCUT2D eigenvalue weighted by Gasteiger charge is 2.04. The van der Waals surface area contributed by atoms with E-state index in [1.165, 1.54) is 0 Å². The van der Waals surface area contributed by atoms with Gasteiger partial charge in [0.05, 0.1) is 0 Å². The minimum absolute atomic E-state index is 0.185. The summed E-state index contributed by atoms with van der Waals surface area (Å²) in [5, 5.41) is 3.54. The second kappa shape index (κ2) is 6.93. The number of hydrogen-bond donors (Lipinski definition) is 2. The van der Waals surface area contributed by atoms with Gasteiger partial charge >= 0.3 is 0 Å². The van der Waals surface area contributed by atoms with Crippen molar-refractivity contribution >= 4 is 15.9 Å². The summed E-state index contributed by atoms with van der Waals surface area (Å²) in [4.78, 5) is 11.6. The molecular weight excluding hydrogens is 252 g/mol. The molecule has 6 heteroatoms. The van der Waals surface area contributed by atoms with Crippen LogP contribution < -0.4 is 10.0 Å². The lowest BCUT2D eigenvalue weighted by molar-refractivity contribution is 0.0953. The van der Waals surface area contributed by atoms with E-state index < -0.39 is 10.0 Å². The first kappa shape index (κ1) is 14.4. The molecule has 1 rings (SSSR count). The topological polar surface area (TPSA) is 75.3 Å². The Morgan fingerprint density at radius 3 is 2.61 bits per heavy atom. The molecule has 2 N–H and O–H groups in total. The lowest BCUT2D eigenvalue weighted by Gasteiger charge is -2.05. The lowest BCUT2D eigenvalue weighted by Crippen LogP contribution is -2.29. The van der Waals surface area contributed by atoms with Gasteiger partial charge in [0.1, 0.15) is 0 Å². The molecule has 18 heavy (non-hydrogen) atoms. The highest BCUT2D eigenvalue weighted by Crippen LogP contribution is 1.97. The third kappa shape index (κ3) is 5.11. The van der Waals surface area contributed by atoms with Crippen LogP contribution in [0.2, 0.25) is 0 Å². The van der Waals surface area contributed by atoms with Crippen LogP contribution in [-0.2, 0) is 10.0 Å². The first-order valence-corrected chi connectivity index (χ1v) is 6.96. The maximum absolute atomic E-state index is 11.6. The second-order valence-corrected chi connectivity index (χ2v) is 5.22. The van der Waals surface area contributed by atoms with Crippen molar-refractivity contribution in [2.24, 2.45) is 0 Å². The van der Waals surface area contributed by atoms with Gasteiger partial charge in [-0.3, -0.25) is 4.79 Å². The summed E-state index contributed by atoms with van der Waals surface area (Å²) >= 11 is 0. The van der Waals surface area contributed by atoms with Crippen LogP contribution in [0.25, 0.3) is 0 Å². The summed E-state index contributed by atoms with van der Waals surface area (Å²) in [6, 6.07) is 9.47. The Morgan fingerprint density at radius 1 is 1.33 bits per heavy atom. The molecule has 0 fully saturated rings. The maximum Gasteiger partial charge on any atom is 0.251 e. The predicted octanol–water partition coefficient (Wildman–Crippen LogP) is 0.670. The maximum atomic E-state index is 11.6. The number of sulfonamides is 1. The summed E-state index contributed by atoms with van der Waals surface area (Å²) in [7, 11) is -3.38. The van der Waals surface area contributed by atoms with Crippen molar-refractivity contribution in [3.63, 3.8) is 0 Å². The molecule has 0 saturated heterocycles. The van der Waals surface area contributed by atoms with Crippen LogP contribution in [0, 0.1) is 6.07 Å². The highest BCUT2D eigenvalue weighted by atomic mass is 32.2. The third-order valence-corrected chi connectivity index (χ3v) is 3.19. The average Bonchev–Trinajstić information content (AvgIpc) is 2.39. The van der Waals surface area contributed by atoms with Gasteiger partial charge in [0.15, 0.2) is 0 Å². The lowest BCUT2D eigenvalue weighted by atomic mass is 10.2. The molecule has 0 aromatic heterocycles. The van der Waals surface area contributed by atoms with Gasteiger partial charge in [-0.15, -0.1) is 0 Å². The second-order valence-electron chi connectivity index (χ2n) is 3.50. The molecular formula is C12H15N2O3S. The highest BCUT2D eigenvalue weighted by molar-refractivity contribution is 7.92. The first-order valence-electron chi connectivity index (χ1n) is 5.41. The van der Waals surface area contributed by atoms with Gasteiger partial charge < -0.3 is 5.32 Å². The van der Waals surface area contributed by atoms with Gasteiger partial charge in [-0.2, -0.15) is 0 Å². The quantitative estimate of drug-likeness (QED) is 0.713. The SMILES string of the molecule is C=CS(=O)(=O)NCCCNC(=O)c1cc[c]cc1. The molecule has 0 unspecified atom stereocenters. The smallest absolute Gasteiger partial charge is 0.251 e. The Bertz CT molecular complexity index is 497. The molecule has 1 aromatic carbocycles. The van der Waals surface area contributed by atoms with Gasteiger partial charge in [-0.1, -0.05) is 18.7 Å². The summed E-state index contributed by atoms with van der Waals surface area (Å²) < 4.78 is 24.3. The number of amides is 1. The Kier molecular flexibility index (Phi) is 5.54. The van der Waals surface area contributed by atoms with E-state index in [-0.39, 0.29) is 12.5 Å².